The summed E-state index contributed by atoms with van der Waals surface area (Å²) < 4.78 is 18.8. The Bertz CT molecular complexity index is 371. The maximum atomic E-state index is 13.4. The van der Waals surface area contributed by atoms with E-state index in [0.717, 1.165) is 0 Å². The summed E-state index contributed by atoms with van der Waals surface area (Å²) >= 11 is 4.76. The number of halogens is 1. The second kappa shape index (κ2) is 6.40. The smallest absolute Gasteiger partial charge is 0.137 e. The van der Waals surface area contributed by atoms with Gasteiger partial charge in [-0.15, -0.1) is 0 Å². The Morgan fingerprint density at radius 3 is 2.81 bits per heavy atom. The van der Waals surface area contributed by atoms with E-state index in [4.69, 9.17) is 27.8 Å². The first kappa shape index (κ1) is 12.9. The van der Waals surface area contributed by atoms with E-state index in [1.807, 2.05) is 0 Å². The third kappa shape index (κ3) is 3.43. The third-order valence-corrected chi connectivity index (χ3v) is 2.24. The summed E-state index contributed by atoms with van der Waals surface area (Å²) in [6, 6.07) is 4.45. The molecule has 0 aliphatic carbocycles. The molecule has 0 aromatic heterocycles. The summed E-state index contributed by atoms with van der Waals surface area (Å²) in [4.78, 5) is -0.0183. The van der Waals surface area contributed by atoms with Crippen molar-refractivity contribution in [2.24, 2.45) is 5.73 Å². The zero-order valence-electron chi connectivity index (χ0n) is 8.78. The van der Waals surface area contributed by atoms with Crippen molar-refractivity contribution in [2.75, 3.05) is 13.2 Å². The molecule has 3 N–H and O–H groups in total. The van der Waals surface area contributed by atoms with E-state index in [-0.39, 0.29) is 17.2 Å². The van der Waals surface area contributed by atoms with Crippen molar-refractivity contribution in [2.45, 2.75) is 12.8 Å². The van der Waals surface area contributed by atoms with Crippen LogP contribution in [0.15, 0.2) is 18.2 Å². The number of nitrogens with two attached hydrogens (primary N) is 1. The van der Waals surface area contributed by atoms with Gasteiger partial charge in [-0.05, 0) is 25.0 Å². The first-order chi connectivity index (χ1) is 7.66. The van der Waals surface area contributed by atoms with Gasteiger partial charge in [0.15, 0.2) is 0 Å². The first-order valence-corrected chi connectivity index (χ1v) is 5.39. The van der Waals surface area contributed by atoms with Crippen LogP contribution in [0.4, 0.5) is 4.39 Å². The average molecular weight is 243 g/mol. The Balaban J connectivity index is 2.71. The lowest BCUT2D eigenvalue weighted by atomic mass is 10.2. The molecule has 1 aromatic rings. The third-order valence-electron chi connectivity index (χ3n) is 2.03. The highest BCUT2D eigenvalue weighted by Gasteiger charge is 2.11. The quantitative estimate of drug-likeness (QED) is 0.589. The highest BCUT2D eigenvalue weighted by atomic mass is 32.1. The molecule has 0 amide bonds. The molecule has 0 fully saturated rings. The molecule has 0 aliphatic heterocycles. The molecule has 1 rings (SSSR count). The zero-order valence-corrected chi connectivity index (χ0v) is 9.60. The molecular weight excluding hydrogens is 229 g/mol. The molecule has 0 bridgehead atoms. The Hall–Kier alpha value is -1.20. The molecule has 0 heterocycles. The Kier molecular flexibility index (Phi) is 5.14. The highest BCUT2D eigenvalue weighted by Crippen LogP contribution is 2.21. The molecule has 88 valence electrons. The lowest BCUT2D eigenvalue weighted by Gasteiger charge is -2.10. The predicted molar refractivity (Wildman–Crippen MR) is 64.1 cm³/mol. The van der Waals surface area contributed by atoms with E-state index in [9.17, 15) is 4.39 Å². The molecule has 0 atom stereocenters. The molecule has 0 spiro atoms. The zero-order chi connectivity index (χ0) is 12.0. The molecule has 0 radical (unpaired) electrons. The molecule has 3 nitrogen and oxygen atoms in total. The van der Waals surface area contributed by atoms with Crippen molar-refractivity contribution in [3.8, 4) is 5.75 Å². The Morgan fingerprint density at radius 2 is 2.19 bits per heavy atom. The Labute approximate surface area is 99.0 Å². The second-order valence-corrected chi connectivity index (χ2v) is 3.70. The number of hydrogen-bond acceptors (Lipinski definition) is 3. The van der Waals surface area contributed by atoms with Gasteiger partial charge in [-0.2, -0.15) is 0 Å². The summed E-state index contributed by atoms with van der Waals surface area (Å²) in [5.74, 6) is -0.127. The SMILES string of the molecule is NC(=S)c1c(F)cccc1OCCCCO. The molecule has 0 unspecified atom stereocenters. The normalized spacial score (nSPS) is 10.1. The maximum Gasteiger partial charge on any atom is 0.137 e. The minimum Gasteiger partial charge on any atom is -0.493 e. The van der Waals surface area contributed by atoms with Crippen molar-refractivity contribution in [3.63, 3.8) is 0 Å². The van der Waals surface area contributed by atoms with E-state index < -0.39 is 5.82 Å². The monoisotopic (exact) mass is 243 g/mol. The minimum atomic E-state index is -0.479. The molecule has 0 saturated heterocycles. The van der Waals surface area contributed by atoms with E-state index in [1.165, 1.54) is 6.07 Å². The summed E-state index contributed by atoms with van der Waals surface area (Å²) in [5.41, 5.74) is 5.56. The van der Waals surface area contributed by atoms with Gasteiger partial charge in [0.2, 0.25) is 0 Å². The molecule has 0 saturated carbocycles. The number of unbranched alkanes of at least 4 members (excludes halogenated alkanes) is 1. The number of benzene rings is 1. The van der Waals surface area contributed by atoms with Crippen molar-refractivity contribution in [3.05, 3.63) is 29.6 Å². The number of hydrogen-bond donors (Lipinski definition) is 2. The van der Waals surface area contributed by atoms with Crippen molar-refractivity contribution < 1.29 is 14.2 Å². The standard InChI is InChI=1S/C11H14FNO2S/c12-8-4-3-5-9(10(8)11(13)16)15-7-2-1-6-14/h3-5,14H,1-2,6-7H2,(H2,13,16). The van der Waals surface area contributed by atoms with E-state index in [2.05, 4.69) is 0 Å². The van der Waals surface area contributed by atoms with Crippen molar-refractivity contribution in [1.29, 1.82) is 0 Å². The molecular formula is C11H14FNO2S. The van der Waals surface area contributed by atoms with Gasteiger partial charge in [-0.1, -0.05) is 18.3 Å². The van der Waals surface area contributed by atoms with Gasteiger partial charge >= 0.3 is 0 Å². The van der Waals surface area contributed by atoms with Gasteiger partial charge < -0.3 is 15.6 Å². The summed E-state index contributed by atoms with van der Waals surface area (Å²) in [6.45, 7) is 0.522. The molecule has 1 aromatic carbocycles. The van der Waals surface area contributed by atoms with Crippen LogP contribution in [0.5, 0.6) is 5.75 Å². The summed E-state index contributed by atoms with van der Waals surface area (Å²) in [5, 5.41) is 8.59. The lowest BCUT2D eigenvalue weighted by Crippen LogP contribution is -2.14. The Morgan fingerprint density at radius 1 is 1.44 bits per heavy atom. The van der Waals surface area contributed by atoms with Crippen LogP contribution in [0.1, 0.15) is 18.4 Å². The topological polar surface area (TPSA) is 55.5 Å². The van der Waals surface area contributed by atoms with Crippen LogP contribution in [-0.4, -0.2) is 23.3 Å². The predicted octanol–water partition coefficient (Wildman–Crippen LogP) is 1.61. The molecule has 16 heavy (non-hydrogen) atoms. The van der Waals surface area contributed by atoms with E-state index in [1.54, 1.807) is 12.1 Å². The van der Waals surface area contributed by atoms with Crippen LogP contribution < -0.4 is 10.5 Å². The fourth-order valence-electron chi connectivity index (χ4n) is 1.26. The molecule has 0 aliphatic rings. The van der Waals surface area contributed by atoms with Gasteiger partial charge in [-0.3, -0.25) is 0 Å². The average Bonchev–Trinajstić information content (AvgIpc) is 2.24. The van der Waals surface area contributed by atoms with Gasteiger partial charge in [0.05, 0.1) is 12.2 Å². The number of aliphatic hydroxyl groups excluding tert-OH is 1. The highest BCUT2D eigenvalue weighted by molar-refractivity contribution is 7.80. The summed E-state index contributed by atoms with van der Waals surface area (Å²) in [7, 11) is 0. The van der Waals surface area contributed by atoms with Crippen LogP contribution in [-0.2, 0) is 0 Å². The van der Waals surface area contributed by atoms with Gasteiger partial charge in [0.25, 0.3) is 0 Å². The largest absolute Gasteiger partial charge is 0.493 e. The van der Waals surface area contributed by atoms with Gasteiger partial charge in [-0.25, -0.2) is 4.39 Å². The van der Waals surface area contributed by atoms with Crippen LogP contribution >= 0.6 is 12.2 Å². The van der Waals surface area contributed by atoms with Gasteiger partial charge in [0, 0.05) is 6.61 Å². The van der Waals surface area contributed by atoms with Crippen LogP contribution in [0.3, 0.4) is 0 Å². The lowest BCUT2D eigenvalue weighted by molar-refractivity contribution is 0.252. The van der Waals surface area contributed by atoms with E-state index >= 15 is 0 Å². The van der Waals surface area contributed by atoms with E-state index in [0.29, 0.717) is 25.2 Å². The number of thiocarbonyl (C=S) groups is 1. The number of aliphatic hydroxyl groups is 1. The van der Waals surface area contributed by atoms with Gasteiger partial charge in [0.1, 0.15) is 16.6 Å². The molecule has 5 heteroatoms. The minimum absolute atomic E-state index is 0.0183. The van der Waals surface area contributed by atoms with Crippen LogP contribution in [0.25, 0.3) is 0 Å². The fourth-order valence-corrected chi connectivity index (χ4v) is 1.46. The van der Waals surface area contributed by atoms with Crippen LogP contribution in [0.2, 0.25) is 0 Å². The van der Waals surface area contributed by atoms with Crippen molar-refractivity contribution >= 4 is 17.2 Å². The summed E-state index contributed by atoms with van der Waals surface area (Å²) in [6.07, 6.45) is 1.35. The van der Waals surface area contributed by atoms with Crippen molar-refractivity contribution in [1.82, 2.24) is 0 Å². The van der Waals surface area contributed by atoms with Crippen LogP contribution in [0, 0.1) is 5.82 Å². The first-order valence-electron chi connectivity index (χ1n) is 4.98. The number of ether oxygens (including phenoxy) is 1. The fraction of sp³-hybridized carbons (Fsp3) is 0.364. The maximum absolute atomic E-state index is 13.4. The second-order valence-electron chi connectivity index (χ2n) is 3.26. The number of rotatable bonds is 6.